The van der Waals surface area contributed by atoms with Crippen molar-refractivity contribution in [3.63, 3.8) is 0 Å². The number of carboxylic acid groups (broad SMARTS) is 1. The molecule has 4 rings (SSSR count). The summed E-state index contributed by atoms with van der Waals surface area (Å²) in [5, 5.41) is 9.93. The van der Waals surface area contributed by atoms with Crippen LogP contribution < -0.4 is 4.72 Å². The van der Waals surface area contributed by atoms with E-state index in [9.17, 15) is 13.2 Å². The molecule has 1 atom stereocenters. The lowest BCUT2D eigenvalue weighted by atomic mass is 9.71. The third kappa shape index (κ3) is 3.81. The zero-order valence-electron chi connectivity index (χ0n) is 17.2. The molecule has 0 unspecified atom stereocenters. The number of rotatable bonds is 4. The van der Waals surface area contributed by atoms with Gasteiger partial charge in [-0.05, 0) is 66.6 Å². The molecule has 1 aliphatic rings. The van der Waals surface area contributed by atoms with Crippen LogP contribution in [0, 0.1) is 11.3 Å². The molecule has 2 aromatic carbocycles. The van der Waals surface area contributed by atoms with Crippen molar-refractivity contribution < 1.29 is 22.7 Å². The van der Waals surface area contributed by atoms with Crippen molar-refractivity contribution in [2.75, 3.05) is 4.72 Å². The van der Waals surface area contributed by atoms with Crippen molar-refractivity contribution in [2.24, 2.45) is 11.3 Å². The van der Waals surface area contributed by atoms with Gasteiger partial charge in [0, 0.05) is 23.1 Å². The zero-order chi connectivity index (χ0) is 21.7. The molecule has 1 aromatic heterocycles. The SMILES string of the molecule is CC(C)(C)[C@@H]1CCc2oc3ccc(NS(=O)(=O)c4ccc(C(=O)O)cc4)cc3c2C1. The molecule has 2 N–H and O–H groups in total. The number of sulfonamides is 1. The fraction of sp³-hybridized carbons (Fsp3) is 0.348. The Morgan fingerprint density at radius 3 is 2.47 bits per heavy atom. The highest BCUT2D eigenvalue weighted by atomic mass is 32.2. The summed E-state index contributed by atoms with van der Waals surface area (Å²) >= 11 is 0. The van der Waals surface area contributed by atoms with Crippen molar-refractivity contribution in [3.8, 4) is 0 Å². The highest BCUT2D eigenvalue weighted by Gasteiger charge is 2.31. The molecule has 30 heavy (non-hydrogen) atoms. The van der Waals surface area contributed by atoms with Gasteiger partial charge in [-0.1, -0.05) is 20.8 Å². The molecule has 158 valence electrons. The lowest BCUT2D eigenvalue weighted by Gasteiger charge is -2.33. The molecule has 7 heteroatoms. The van der Waals surface area contributed by atoms with Crippen LogP contribution >= 0.6 is 0 Å². The standard InChI is InChI=1S/C23H25NO5S/c1-23(2,3)15-6-10-20-18(12-15)19-13-16(7-11-21(19)29-20)24-30(27,28)17-8-4-14(5-9-17)22(25)26/h4-5,7-9,11,13,15,24H,6,10,12H2,1-3H3,(H,25,26)/t15-/m1/s1. The van der Waals surface area contributed by atoms with Gasteiger partial charge in [0.25, 0.3) is 10.0 Å². The van der Waals surface area contributed by atoms with Gasteiger partial charge < -0.3 is 9.52 Å². The van der Waals surface area contributed by atoms with Crippen molar-refractivity contribution >= 4 is 32.6 Å². The van der Waals surface area contributed by atoms with Crippen LogP contribution in [0.15, 0.2) is 51.8 Å². The molecule has 0 spiro atoms. The van der Waals surface area contributed by atoms with Crippen LogP contribution in [0.2, 0.25) is 0 Å². The topological polar surface area (TPSA) is 96.6 Å². The average molecular weight is 428 g/mol. The average Bonchev–Trinajstić information content (AvgIpc) is 3.04. The molecule has 0 fully saturated rings. The number of nitrogens with one attached hydrogen (secondary N) is 1. The summed E-state index contributed by atoms with van der Waals surface area (Å²) in [5.74, 6) is 0.435. The summed E-state index contributed by atoms with van der Waals surface area (Å²) in [7, 11) is -3.84. The predicted octanol–water partition coefficient (Wildman–Crippen LogP) is 5.08. The summed E-state index contributed by atoms with van der Waals surface area (Å²) < 4.78 is 34.1. The normalized spacial score (nSPS) is 17.0. The Morgan fingerprint density at radius 1 is 1.13 bits per heavy atom. The fourth-order valence-corrected chi connectivity index (χ4v) is 5.12. The third-order valence-corrected chi connectivity index (χ3v) is 7.33. The number of carboxylic acids is 1. The summed E-state index contributed by atoms with van der Waals surface area (Å²) in [6, 6.07) is 10.4. The highest BCUT2D eigenvalue weighted by molar-refractivity contribution is 7.92. The van der Waals surface area contributed by atoms with Crippen LogP contribution in [-0.2, 0) is 22.9 Å². The maximum Gasteiger partial charge on any atom is 0.335 e. The Bertz CT molecular complexity index is 1220. The molecule has 0 bridgehead atoms. The molecule has 3 aromatic rings. The summed E-state index contributed by atoms with van der Waals surface area (Å²) in [5.41, 5.74) is 2.62. The van der Waals surface area contributed by atoms with Crippen LogP contribution in [-0.4, -0.2) is 19.5 Å². The molecule has 0 radical (unpaired) electrons. The number of hydrogen-bond donors (Lipinski definition) is 2. The summed E-state index contributed by atoms with van der Waals surface area (Å²) in [6.45, 7) is 6.75. The van der Waals surface area contributed by atoms with Gasteiger partial charge in [0.15, 0.2) is 0 Å². The van der Waals surface area contributed by atoms with Gasteiger partial charge >= 0.3 is 5.97 Å². The number of aryl methyl sites for hydroxylation is 1. The third-order valence-electron chi connectivity index (χ3n) is 5.93. The predicted molar refractivity (Wildman–Crippen MR) is 115 cm³/mol. The zero-order valence-corrected chi connectivity index (χ0v) is 18.0. The largest absolute Gasteiger partial charge is 0.478 e. The molecular formula is C23H25NO5S. The number of anilines is 1. The molecule has 0 amide bonds. The Kier molecular flexibility index (Phi) is 4.89. The first kappa shape index (κ1) is 20.5. The molecule has 6 nitrogen and oxygen atoms in total. The number of carbonyl (C=O) groups is 1. The molecule has 1 aliphatic carbocycles. The van der Waals surface area contributed by atoms with E-state index in [2.05, 4.69) is 25.5 Å². The van der Waals surface area contributed by atoms with E-state index in [4.69, 9.17) is 9.52 Å². The minimum atomic E-state index is -3.84. The summed E-state index contributed by atoms with van der Waals surface area (Å²) in [4.78, 5) is 11.0. The van der Waals surface area contributed by atoms with Gasteiger partial charge in [-0.3, -0.25) is 4.72 Å². The van der Waals surface area contributed by atoms with E-state index in [1.54, 1.807) is 12.1 Å². The second-order valence-electron chi connectivity index (χ2n) is 8.96. The number of aromatic carboxylic acids is 1. The van der Waals surface area contributed by atoms with Crippen molar-refractivity contribution in [1.29, 1.82) is 0 Å². The molecule has 0 saturated carbocycles. The summed E-state index contributed by atoms with van der Waals surface area (Å²) in [6.07, 6.45) is 2.89. The maximum absolute atomic E-state index is 12.7. The second-order valence-corrected chi connectivity index (χ2v) is 10.6. The van der Waals surface area contributed by atoms with Crippen LogP contribution in [0.25, 0.3) is 11.0 Å². The van der Waals surface area contributed by atoms with Crippen LogP contribution in [0.5, 0.6) is 0 Å². The Labute approximate surface area is 176 Å². The van der Waals surface area contributed by atoms with E-state index in [1.807, 2.05) is 6.07 Å². The highest BCUT2D eigenvalue weighted by Crippen LogP contribution is 2.41. The monoisotopic (exact) mass is 427 g/mol. The molecule has 0 aliphatic heterocycles. The van der Waals surface area contributed by atoms with Gasteiger partial charge in [-0.2, -0.15) is 0 Å². The molecular weight excluding hydrogens is 402 g/mol. The van der Waals surface area contributed by atoms with Crippen LogP contribution in [0.3, 0.4) is 0 Å². The van der Waals surface area contributed by atoms with E-state index in [-0.39, 0.29) is 15.9 Å². The number of furan rings is 1. The first-order chi connectivity index (χ1) is 14.0. The Balaban J connectivity index is 1.65. The van der Waals surface area contributed by atoms with Crippen molar-refractivity contribution in [3.05, 3.63) is 59.4 Å². The first-order valence-electron chi connectivity index (χ1n) is 9.95. The van der Waals surface area contributed by atoms with Gasteiger partial charge in [-0.25, -0.2) is 13.2 Å². The molecule has 1 heterocycles. The van der Waals surface area contributed by atoms with Crippen molar-refractivity contribution in [1.82, 2.24) is 0 Å². The molecule has 0 saturated heterocycles. The Morgan fingerprint density at radius 2 is 1.83 bits per heavy atom. The Hall–Kier alpha value is -2.80. The lowest BCUT2D eigenvalue weighted by molar-refractivity contribution is 0.0696. The lowest BCUT2D eigenvalue weighted by Crippen LogP contribution is -2.26. The number of benzene rings is 2. The van der Waals surface area contributed by atoms with Gasteiger partial charge in [0.1, 0.15) is 11.3 Å². The van der Waals surface area contributed by atoms with Gasteiger partial charge in [-0.15, -0.1) is 0 Å². The quantitative estimate of drug-likeness (QED) is 0.605. The van der Waals surface area contributed by atoms with E-state index in [0.29, 0.717) is 11.6 Å². The smallest absolute Gasteiger partial charge is 0.335 e. The number of fused-ring (bicyclic) bond motifs is 3. The van der Waals surface area contributed by atoms with E-state index < -0.39 is 16.0 Å². The van der Waals surface area contributed by atoms with E-state index in [1.165, 1.54) is 29.8 Å². The fourth-order valence-electron chi connectivity index (χ4n) is 4.07. The van der Waals surface area contributed by atoms with Crippen LogP contribution in [0.4, 0.5) is 5.69 Å². The van der Waals surface area contributed by atoms with Gasteiger partial charge in [0.05, 0.1) is 10.5 Å². The second kappa shape index (κ2) is 7.16. The minimum Gasteiger partial charge on any atom is -0.478 e. The van der Waals surface area contributed by atoms with Gasteiger partial charge in [0.2, 0.25) is 0 Å². The first-order valence-corrected chi connectivity index (χ1v) is 11.4. The number of hydrogen-bond acceptors (Lipinski definition) is 4. The van der Waals surface area contributed by atoms with Crippen molar-refractivity contribution in [2.45, 2.75) is 44.9 Å². The van der Waals surface area contributed by atoms with E-state index in [0.717, 1.165) is 36.0 Å². The minimum absolute atomic E-state index is 0.00890. The maximum atomic E-state index is 12.7. The van der Waals surface area contributed by atoms with Crippen LogP contribution in [0.1, 0.15) is 48.9 Å². The van der Waals surface area contributed by atoms with E-state index >= 15 is 0 Å².